The fraction of sp³-hybridized carbons (Fsp3) is 0.667. The van der Waals surface area contributed by atoms with Crippen LogP contribution in [0.15, 0.2) is 12.1 Å². The lowest BCUT2D eigenvalue weighted by atomic mass is 9.83. The number of hydrogen-bond acceptors (Lipinski definition) is 3. The van der Waals surface area contributed by atoms with Crippen LogP contribution in [0.5, 0.6) is 5.88 Å². The fourth-order valence-corrected chi connectivity index (χ4v) is 2.21. The van der Waals surface area contributed by atoms with Gasteiger partial charge in [-0.05, 0) is 31.4 Å². The molecule has 1 aliphatic carbocycles. The topological polar surface area (TPSA) is 34.1 Å². The molecule has 1 aromatic rings. The Balaban J connectivity index is 1.79. The molecule has 0 unspecified atom stereocenters. The average Bonchev–Trinajstić information content (AvgIpc) is 2.31. The number of pyridine rings is 1. The third kappa shape index (κ3) is 3.70. The van der Waals surface area contributed by atoms with Gasteiger partial charge in [0.15, 0.2) is 0 Å². The van der Waals surface area contributed by atoms with Gasteiger partial charge >= 0.3 is 0 Å². The summed E-state index contributed by atoms with van der Waals surface area (Å²) >= 11 is 0. The standard InChI is InChI=1S/C15H24N2O/c1-3-16-11-14-7-8-15(17-12(14)2)18-10-9-13-5-4-6-13/h7-8,13,16H,3-6,9-11H2,1-2H3. The Kier molecular flexibility index (Phi) is 5.00. The zero-order valence-corrected chi connectivity index (χ0v) is 11.5. The SMILES string of the molecule is CCNCc1ccc(OCCC2CCC2)nc1C. The molecule has 2 rings (SSSR count). The molecule has 1 aromatic heterocycles. The molecule has 0 radical (unpaired) electrons. The largest absolute Gasteiger partial charge is 0.478 e. The highest BCUT2D eigenvalue weighted by atomic mass is 16.5. The van der Waals surface area contributed by atoms with Crippen molar-refractivity contribution in [1.29, 1.82) is 0 Å². The number of aryl methyl sites for hydroxylation is 1. The minimum absolute atomic E-state index is 0.770. The number of rotatable bonds is 7. The molecule has 0 atom stereocenters. The van der Waals surface area contributed by atoms with E-state index in [4.69, 9.17) is 4.74 Å². The molecule has 1 heterocycles. The van der Waals surface area contributed by atoms with Crippen LogP contribution < -0.4 is 10.1 Å². The van der Waals surface area contributed by atoms with E-state index in [1.165, 1.54) is 31.2 Å². The highest BCUT2D eigenvalue weighted by Gasteiger charge is 2.16. The van der Waals surface area contributed by atoms with Crippen LogP contribution in [0.1, 0.15) is 43.9 Å². The lowest BCUT2D eigenvalue weighted by molar-refractivity contribution is 0.217. The third-order valence-corrected chi connectivity index (χ3v) is 3.74. The van der Waals surface area contributed by atoms with E-state index in [1.807, 2.05) is 13.0 Å². The number of hydrogen-bond donors (Lipinski definition) is 1. The fourth-order valence-electron chi connectivity index (χ4n) is 2.21. The summed E-state index contributed by atoms with van der Waals surface area (Å²) in [6.07, 6.45) is 5.36. The van der Waals surface area contributed by atoms with Crippen LogP contribution >= 0.6 is 0 Å². The molecular weight excluding hydrogens is 224 g/mol. The van der Waals surface area contributed by atoms with Gasteiger partial charge in [0, 0.05) is 18.3 Å². The maximum atomic E-state index is 5.72. The molecule has 1 aliphatic rings. The van der Waals surface area contributed by atoms with E-state index in [-0.39, 0.29) is 0 Å². The molecule has 0 saturated heterocycles. The van der Waals surface area contributed by atoms with Crippen LogP contribution in [0.3, 0.4) is 0 Å². The van der Waals surface area contributed by atoms with Crippen molar-refractivity contribution in [3.05, 3.63) is 23.4 Å². The number of nitrogens with one attached hydrogen (secondary N) is 1. The quantitative estimate of drug-likeness (QED) is 0.805. The molecule has 3 heteroatoms. The van der Waals surface area contributed by atoms with Crippen molar-refractivity contribution in [2.75, 3.05) is 13.2 Å². The van der Waals surface area contributed by atoms with Crippen molar-refractivity contribution >= 4 is 0 Å². The van der Waals surface area contributed by atoms with E-state index in [9.17, 15) is 0 Å². The normalized spacial score (nSPS) is 15.4. The summed E-state index contributed by atoms with van der Waals surface area (Å²) in [5, 5.41) is 3.32. The second-order valence-electron chi connectivity index (χ2n) is 5.11. The van der Waals surface area contributed by atoms with E-state index in [2.05, 4.69) is 23.3 Å². The van der Waals surface area contributed by atoms with Gasteiger partial charge in [-0.1, -0.05) is 32.3 Å². The Morgan fingerprint density at radius 3 is 2.83 bits per heavy atom. The van der Waals surface area contributed by atoms with E-state index in [0.717, 1.165) is 37.2 Å². The van der Waals surface area contributed by atoms with Crippen LogP contribution in [0.2, 0.25) is 0 Å². The van der Waals surface area contributed by atoms with Crippen LogP contribution in [0.4, 0.5) is 0 Å². The summed E-state index contributed by atoms with van der Waals surface area (Å²) in [5.41, 5.74) is 2.32. The van der Waals surface area contributed by atoms with Gasteiger partial charge in [0.1, 0.15) is 0 Å². The van der Waals surface area contributed by atoms with Crippen LogP contribution in [0, 0.1) is 12.8 Å². The Morgan fingerprint density at radius 2 is 2.22 bits per heavy atom. The number of aromatic nitrogens is 1. The third-order valence-electron chi connectivity index (χ3n) is 3.74. The number of ether oxygens (including phenoxy) is 1. The second kappa shape index (κ2) is 6.74. The maximum absolute atomic E-state index is 5.72. The minimum atomic E-state index is 0.770. The summed E-state index contributed by atoms with van der Waals surface area (Å²) < 4.78 is 5.72. The van der Waals surface area contributed by atoms with Gasteiger partial charge in [0.05, 0.1) is 6.61 Å². The summed E-state index contributed by atoms with van der Waals surface area (Å²) in [6.45, 7) is 6.84. The van der Waals surface area contributed by atoms with E-state index in [0.29, 0.717) is 0 Å². The smallest absolute Gasteiger partial charge is 0.213 e. The van der Waals surface area contributed by atoms with Crippen molar-refractivity contribution in [2.45, 2.75) is 46.1 Å². The van der Waals surface area contributed by atoms with E-state index >= 15 is 0 Å². The molecular formula is C15H24N2O. The lowest BCUT2D eigenvalue weighted by Gasteiger charge is -2.24. The first-order chi connectivity index (χ1) is 8.79. The van der Waals surface area contributed by atoms with Gasteiger partial charge in [-0.25, -0.2) is 4.98 Å². The molecule has 100 valence electrons. The van der Waals surface area contributed by atoms with Crippen molar-refractivity contribution in [3.8, 4) is 5.88 Å². The van der Waals surface area contributed by atoms with Crippen molar-refractivity contribution < 1.29 is 4.74 Å². The lowest BCUT2D eigenvalue weighted by Crippen LogP contribution is -2.15. The molecule has 0 aromatic carbocycles. The zero-order chi connectivity index (χ0) is 12.8. The average molecular weight is 248 g/mol. The molecule has 1 saturated carbocycles. The summed E-state index contributed by atoms with van der Waals surface area (Å²) in [4.78, 5) is 4.50. The molecule has 1 N–H and O–H groups in total. The molecule has 1 fully saturated rings. The summed E-state index contributed by atoms with van der Waals surface area (Å²) in [5.74, 6) is 1.67. The van der Waals surface area contributed by atoms with E-state index in [1.54, 1.807) is 0 Å². The Labute approximate surface area is 110 Å². The predicted octanol–water partition coefficient (Wildman–Crippen LogP) is 3.07. The number of nitrogens with zero attached hydrogens (tertiary/aromatic N) is 1. The molecule has 0 spiro atoms. The Hall–Kier alpha value is -1.09. The second-order valence-corrected chi connectivity index (χ2v) is 5.11. The molecule has 18 heavy (non-hydrogen) atoms. The first kappa shape index (κ1) is 13.3. The molecule has 0 aliphatic heterocycles. The highest BCUT2D eigenvalue weighted by molar-refractivity contribution is 5.24. The molecule has 3 nitrogen and oxygen atoms in total. The van der Waals surface area contributed by atoms with Crippen molar-refractivity contribution in [3.63, 3.8) is 0 Å². The molecule has 0 bridgehead atoms. The van der Waals surface area contributed by atoms with Gasteiger partial charge < -0.3 is 10.1 Å². The van der Waals surface area contributed by atoms with Crippen molar-refractivity contribution in [1.82, 2.24) is 10.3 Å². The van der Waals surface area contributed by atoms with Crippen LogP contribution in [0.25, 0.3) is 0 Å². The Morgan fingerprint density at radius 1 is 1.39 bits per heavy atom. The highest BCUT2D eigenvalue weighted by Crippen LogP contribution is 2.29. The predicted molar refractivity (Wildman–Crippen MR) is 73.8 cm³/mol. The van der Waals surface area contributed by atoms with Gasteiger partial charge in [0.25, 0.3) is 0 Å². The summed E-state index contributed by atoms with van der Waals surface area (Å²) in [7, 11) is 0. The van der Waals surface area contributed by atoms with Gasteiger partial charge in [-0.2, -0.15) is 0 Å². The Bertz CT molecular complexity index is 375. The molecule has 0 amide bonds. The summed E-state index contributed by atoms with van der Waals surface area (Å²) in [6, 6.07) is 4.10. The van der Waals surface area contributed by atoms with Gasteiger partial charge in [0.2, 0.25) is 5.88 Å². The van der Waals surface area contributed by atoms with E-state index < -0.39 is 0 Å². The monoisotopic (exact) mass is 248 g/mol. The maximum Gasteiger partial charge on any atom is 0.213 e. The van der Waals surface area contributed by atoms with Gasteiger partial charge in [-0.3, -0.25) is 0 Å². The zero-order valence-electron chi connectivity index (χ0n) is 11.5. The van der Waals surface area contributed by atoms with Crippen LogP contribution in [-0.4, -0.2) is 18.1 Å². The first-order valence-electron chi connectivity index (χ1n) is 7.09. The first-order valence-corrected chi connectivity index (χ1v) is 7.09. The minimum Gasteiger partial charge on any atom is -0.478 e. The van der Waals surface area contributed by atoms with Crippen molar-refractivity contribution in [2.24, 2.45) is 5.92 Å². The van der Waals surface area contributed by atoms with Crippen LogP contribution in [-0.2, 0) is 6.54 Å². The van der Waals surface area contributed by atoms with Gasteiger partial charge in [-0.15, -0.1) is 0 Å².